The summed E-state index contributed by atoms with van der Waals surface area (Å²) in [5.74, 6) is -1.13. The zero-order valence-corrected chi connectivity index (χ0v) is 14.9. The van der Waals surface area contributed by atoms with Crippen molar-refractivity contribution in [2.75, 3.05) is 11.9 Å². The van der Waals surface area contributed by atoms with Crippen LogP contribution in [0.4, 0.5) is 5.69 Å². The highest BCUT2D eigenvalue weighted by Crippen LogP contribution is 2.17. The molecule has 136 valence electrons. The van der Waals surface area contributed by atoms with Crippen molar-refractivity contribution >= 4 is 34.1 Å². The molecular formula is C22H19NO4. The predicted molar refractivity (Wildman–Crippen MR) is 104 cm³/mol. The van der Waals surface area contributed by atoms with Crippen molar-refractivity contribution in [1.82, 2.24) is 0 Å². The van der Waals surface area contributed by atoms with E-state index in [0.29, 0.717) is 11.3 Å². The summed E-state index contributed by atoms with van der Waals surface area (Å²) in [7, 11) is 0. The number of para-hydroxylation sites is 1. The third-order valence-corrected chi connectivity index (χ3v) is 4.11. The monoisotopic (exact) mass is 361 g/mol. The Bertz CT molecular complexity index is 1010. The first-order chi connectivity index (χ1) is 13.0. The summed E-state index contributed by atoms with van der Waals surface area (Å²) in [5, 5.41) is 4.74. The first-order valence-electron chi connectivity index (χ1n) is 8.56. The summed E-state index contributed by atoms with van der Waals surface area (Å²) in [5.41, 5.74) is 1.63. The van der Waals surface area contributed by atoms with Crippen LogP contribution in [0.15, 0.2) is 66.7 Å². The number of ether oxygens (including phenoxy) is 1. The van der Waals surface area contributed by atoms with Gasteiger partial charge in [0.2, 0.25) is 0 Å². The molecule has 0 aliphatic rings. The molecule has 0 spiro atoms. The number of anilines is 1. The molecular weight excluding hydrogens is 342 g/mol. The van der Waals surface area contributed by atoms with Gasteiger partial charge in [0.1, 0.15) is 0 Å². The molecule has 1 amide bonds. The molecule has 3 aromatic rings. The van der Waals surface area contributed by atoms with Crippen LogP contribution in [0.5, 0.6) is 0 Å². The number of ketones is 1. The minimum absolute atomic E-state index is 0.0855. The Morgan fingerprint density at radius 1 is 0.889 bits per heavy atom. The zero-order valence-electron chi connectivity index (χ0n) is 14.9. The number of hydrogen-bond acceptors (Lipinski definition) is 4. The number of rotatable bonds is 6. The summed E-state index contributed by atoms with van der Waals surface area (Å²) in [6.07, 6.45) is 0.0855. The van der Waals surface area contributed by atoms with Crippen molar-refractivity contribution in [3.05, 3.63) is 77.9 Å². The number of esters is 1. The van der Waals surface area contributed by atoms with Crippen molar-refractivity contribution in [1.29, 1.82) is 0 Å². The Morgan fingerprint density at radius 3 is 2.37 bits per heavy atom. The number of benzene rings is 3. The number of Topliss-reactive ketones (excluding diaryl/α,β-unsaturated/α-hetero) is 1. The molecule has 5 heteroatoms. The van der Waals surface area contributed by atoms with Crippen LogP contribution in [-0.4, -0.2) is 24.3 Å². The molecule has 0 fully saturated rings. The molecule has 0 aliphatic heterocycles. The minimum atomic E-state index is -0.490. The van der Waals surface area contributed by atoms with Crippen molar-refractivity contribution in [2.24, 2.45) is 0 Å². The van der Waals surface area contributed by atoms with Crippen molar-refractivity contribution < 1.29 is 19.1 Å². The quantitative estimate of drug-likeness (QED) is 0.536. The summed E-state index contributed by atoms with van der Waals surface area (Å²) in [6, 6.07) is 20.3. The molecule has 5 nitrogen and oxygen atoms in total. The molecule has 3 aromatic carbocycles. The van der Waals surface area contributed by atoms with Crippen LogP contribution in [0.25, 0.3) is 10.8 Å². The third kappa shape index (κ3) is 4.79. The first kappa shape index (κ1) is 18.3. The van der Waals surface area contributed by atoms with Gasteiger partial charge in [0.05, 0.1) is 12.1 Å². The lowest BCUT2D eigenvalue weighted by Crippen LogP contribution is -2.22. The number of carbonyl (C=O) groups excluding carboxylic acids is 3. The van der Waals surface area contributed by atoms with E-state index in [0.717, 1.165) is 16.3 Å². The normalized spacial score (nSPS) is 10.4. The molecule has 0 bridgehead atoms. The molecule has 0 aromatic heterocycles. The molecule has 0 atom stereocenters. The summed E-state index contributed by atoms with van der Waals surface area (Å²) >= 11 is 0. The maximum absolute atomic E-state index is 12.0. The van der Waals surface area contributed by atoms with Crippen molar-refractivity contribution in [2.45, 2.75) is 13.3 Å². The van der Waals surface area contributed by atoms with Gasteiger partial charge in [-0.2, -0.15) is 0 Å². The van der Waals surface area contributed by atoms with Crippen LogP contribution in [-0.2, 0) is 20.7 Å². The van der Waals surface area contributed by atoms with Gasteiger partial charge in [-0.25, -0.2) is 0 Å². The van der Waals surface area contributed by atoms with Gasteiger partial charge in [-0.1, -0.05) is 54.6 Å². The fourth-order valence-electron chi connectivity index (χ4n) is 2.80. The molecule has 3 rings (SSSR count). The fourth-order valence-corrected chi connectivity index (χ4v) is 2.80. The van der Waals surface area contributed by atoms with Crippen molar-refractivity contribution in [3.8, 4) is 0 Å². The number of nitrogens with one attached hydrogen (secondary N) is 1. The maximum Gasteiger partial charge on any atom is 0.310 e. The third-order valence-electron chi connectivity index (χ3n) is 4.11. The van der Waals surface area contributed by atoms with E-state index in [1.165, 1.54) is 6.92 Å². The molecule has 1 N–H and O–H groups in total. The highest BCUT2D eigenvalue weighted by molar-refractivity contribution is 6.04. The Kier molecular flexibility index (Phi) is 5.61. The summed E-state index contributed by atoms with van der Waals surface area (Å²) in [4.78, 5) is 35.6. The summed E-state index contributed by atoms with van der Waals surface area (Å²) in [6.45, 7) is 1.02. The average molecular weight is 361 g/mol. The van der Waals surface area contributed by atoms with Crippen LogP contribution in [0.1, 0.15) is 22.8 Å². The Hall–Kier alpha value is -3.47. The van der Waals surface area contributed by atoms with Gasteiger partial charge in [-0.05, 0) is 35.4 Å². The van der Waals surface area contributed by atoms with E-state index in [1.54, 1.807) is 24.3 Å². The molecule has 0 saturated heterocycles. The van der Waals surface area contributed by atoms with Gasteiger partial charge >= 0.3 is 5.97 Å². The smallest absolute Gasteiger partial charge is 0.310 e. The standard InChI is InChI=1S/C22H19NO4/c1-15(24)19-8-4-5-9-20(19)23-21(25)14-27-22(26)13-16-10-11-17-6-2-3-7-18(17)12-16/h2-12H,13-14H2,1H3,(H,23,25). The van der Waals surface area contributed by atoms with Crippen molar-refractivity contribution in [3.63, 3.8) is 0 Å². The van der Waals surface area contributed by atoms with Crippen LogP contribution in [0.2, 0.25) is 0 Å². The second-order valence-corrected chi connectivity index (χ2v) is 6.17. The van der Waals surface area contributed by atoms with E-state index in [9.17, 15) is 14.4 Å². The lowest BCUT2D eigenvalue weighted by atomic mass is 10.1. The first-order valence-corrected chi connectivity index (χ1v) is 8.56. The maximum atomic E-state index is 12.0. The molecule has 0 saturated carbocycles. The number of fused-ring (bicyclic) bond motifs is 1. The van der Waals surface area contributed by atoms with E-state index < -0.39 is 18.5 Å². The van der Waals surface area contributed by atoms with Gasteiger partial charge in [0.25, 0.3) is 5.91 Å². The van der Waals surface area contributed by atoms with Crippen LogP contribution in [0.3, 0.4) is 0 Å². The molecule has 27 heavy (non-hydrogen) atoms. The van der Waals surface area contributed by atoms with Gasteiger partial charge in [0.15, 0.2) is 12.4 Å². The fraction of sp³-hybridized carbons (Fsp3) is 0.136. The lowest BCUT2D eigenvalue weighted by molar-refractivity contribution is -0.146. The number of carbonyl (C=O) groups is 3. The van der Waals surface area contributed by atoms with E-state index in [-0.39, 0.29) is 12.2 Å². The number of hydrogen-bond donors (Lipinski definition) is 1. The SMILES string of the molecule is CC(=O)c1ccccc1NC(=O)COC(=O)Cc1ccc2ccccc2c1. The Balaban J connectivity index is 1.55. The van der Waals surface area contributed by atoms with Gasteiger partial charge in [0, 0.05) is 5.56 Å². The van der Waals surface area contributed by atoms with Crippen LogP contribution >= 0.6 is 0 Å². The number of amides is 1. The average Bonchev–Trinajstić information content (AvgIpc) is 2.66. The second kappa shape index (κ2) is 8.27. The van der Waals surface area contributed by atoms with E-state index in [4.69, 9.17) is 4.74 Å². The van der Waals surface area contributed by atoms with E-state index >= 15 is 0 Å². The highest BCUT2D eigenvalue weighted by Gasteiger charge is 2.12. The lowest BCUT2D eigenvalue weighted by Gasteiger charge is -2.09. The Morgan fingerprint density at radius 2 is 1.59 bits per heavy atom. The van der Waals surface area contributed by atoms with Crippen LogP contribution < -0.4 is 5.32 Å². The second-order valence-electron chi connectivity index (χ2n) is 6.17. The summed E-state index contributed by atoms with van der Waals surface area (Å²) < 4.78 is 5.06. The van der Waals surface area contributed by atoms with Gasteiger partial charge in [-0.15, -0.1) is 0 Å². The van der Waals surface area contributed by atoms with Gasteiger partial charge < -0.3 is 10.1 Å². The molecule has 0 radical (unpaired) electrons. The molecule has 0 heterocycles. The predicted octanol–water partition coefficient (Wildman–Crippen LogP) is 3.77. The van der Waals surface area contributed by atoms with Crippen LogP contribution in [0, 0.1) is 0 Å². The topological polar surface area (TPSA) is 72.5 Å². The van der Waals surface area contributed by atoms with E-state index in [2.05, 4.69) is 5.32 Å². The minimum Gasteiger partial charge on any atom is -0.455 e. The molecule has 0 aliphatic carbocycles. The van der Waals surface area contributed by atoms with Gasteiger partial charge in [-0.3, -0.25) is 14.4 Å². The highest BCUT2D eigenvalue weighted by atomic mass is 16.5. The largest absolute Gasteiger partial charge is 0.455 e. The molecule has 0 unspecified atom stereocenters. The Labute approximate surface area is 157 Å². The zero-order chi connectivity index (χ0) is 19.2. The van der Waals surface area contributed by atoms with E-state index in [1.807, 2.05) is 42.5 Å².